The molecule has 6 heteroatoms. The summed E-state index contributed by atoms with van der Waals surface area (Å²) in [6, 6.07) is 2.62. The summed E-state index contributed by atoms with van der Waals surface area (Å²) in [6.07, 6.45) is 0. The van der Waals surface area contributed by atoms with E-state index in [4.69, 9.17) is 5.11 Å². The molecule has 1 heterocycles. The minimum Gasteiger partial charge on any atom is -0.480 e. The Morgan fingerprint density at radius 1 is 1.50 bits per heavy atom. The summed E-state index contributed by atoms with van der Waals surface area (Å²) < 4.78 is 0. The number of carboxylic acid groups (broad SMARTS) is 1. The Hall–Kier alpha value is -1.56. The SMILES string of the molecule is CC(C)C(NC(=O)N(C)Cc1cccs1)C(=O)O. The quantitative estimate of drug-likeness (QED) is 0.859. The van der Waals surface area contributed by atoms with Crippen LogP contribution in [0.2, 0.25) is 0 Å². The van der Waals surface area contributed by atoms with Gasteiger partial charge in [-0.1, -0.05) is 19.9 Å². The van der Waals surface area contributed by atoms with Crippen molar-refractivity contribution in [1.82, 2.24) is 10.2 Å². The molecule has 1 aromatic heterocycles. The van der Waals surface area contributed by atoms with E-state index >= 15 is 0 Å². The van der Waals surface area contributed by atoms with Crippen molar-refractivity contribution in [2.75, 3.05) is 7.05 Å². The second-order valence-corrected chi connectivity index (χ2v) is 5.48. The fraction of sp³-hybridized carbons (Fsp3) is 0.500. The molecule has 0 fully saturated rings. The number of amides is 2. The molecule has 0 aliphatic rings. The predicted octanol–water partition coefficient (Wildman–Crippen LogP) is 2.00. The van der Waals surface area contributed by atoms with Crippen LogP contribution in [0, 0.1) is 5.92 Å². The zero-order valence-corrected chi connectivity index (χ0v) is 11.5. The number of rotatable bonds is 5. The van der Waals surface area contributed by atoms with Gasteiger partial charge in [-0.05, 0) is 17.4 Å². The Balaban J connectivity index is 2.56. The van der Waals surface area contributed by atoms with Gasteiger partial charge in [0.25, 0.3) is 0 Å². The van der Waals surface area contributed by atoms with Gasteiger partial charge in [0.05, 0.1) is 6.54 Å². The van der Waals surface area contributed by atoms with Crippen molar-refractivity contribution in [3.05, 3.63) is 22.4 Å². The first-order chi connectivity index (χ1) is 8.41. The van der Waals surface area contributed by atoms with Gasteiger partial charge >= 0.3 is 12.0 Å². The van der Waals surface area contributed by atoms with Gasteiger partial charge in [-0.2, -0.15) is 0 Å². The molecule has 0 aliphatic heterocycles. The fourth-order valence-electron chi connectivity index (χ4n) is 1.46. The predicted molar refractivity (Wildman–Crippen MR) is 70.6 cm³/mol. The Labute approximate surface area is 110 Å². The van der Waals surface area contributed by atoms with E-state index in [9.17, 15) is 9.59 Å². The van der Waals surface area contributed by atoms with Gasteiger partial charge in [0.15, 0.2) is 0 Å². The second-order valence-electron chi connectivity index (χ2n) is 4.44. The number of nitrogens with zero attached hydrogens (tertiary/aromatic N) is 1. The summed E-state index contributed by atoms with van der Waals surface area (Å²) in [4.78, 5) is 25.4. The summed E-state index contributed by atoms with van der Waals surface area (Å²) in [7, 11) is 1.65. The van der Waals surface area contributed by atoms with Crippen LogP contribution in [0.1, 0.15) is 18.7 Å². The molecule has 0 aliphatic carbocycles. The number of urea groups is 1. The van der Waals surface area contributed by atoms with E-state index in [0.717, 1.165) is 4.88 Å². The number of thiophene rings is 1. The molecular weight excluding hydrogens is 252 g/mol. The van der Waals surface area contributed by atoms with Gasteiger partial charge < -0.3 is 15.3 Å². The van der Waals surface area contributed by atoms with Gasteiger partial charge in [0.2, 0.25) is 0 Å². The third-order valence-electron chi connectivity index (χ3n) is 2.53. The second kappa shape index (κ2) is 6.39. The van der Waals surface area contributed by atoms with Gasteiger partial charge in [-0.25, -0.2) is 9.59 Å². The molecule has 1 atom stereocenters. The Kier molecular flexibility index (Phi) is 5.15. The zero-order valence-electron chi connectivity index (χ0n) is 10.7. The van der Waals surface area contributed by atoms with Crippen LogP contribution in [0.5, 0.6) is 0 Å². The van der Waals surface area contributed by atoms with Crippen molar-refractivity contribution in [1.29, 1.82) is 0 Å². The van der Waals surface area contributed by atoms with Gasteiger partial charge in [-0.3, -0.25) is 0 Å². The molecule has 1 aromatic rings. The van der Waals surface area contributed by atoms with Crippen molar-refractivity contribution in [2.24, 2.45) is 5.92 Å². The van der Waals surface area contributed by atoms with Gasteiger partial charge in [0.1, 0.15) is 6.04 Å². The number of carbonyl (C=O) groups excluding carboxylic acids is 1. The largest absolute Gasteiger partial charge is 0.480 e. The monoisotopic (exact) mass is 270 g/mol. The van der Waals surface area contributed by atoms with E-state index < -0.39 is 12.0 Å². The zero-order chi connectivity index (χ0) is 13.7. The maximum absolute atomic E-state index is 11.8. The van der Waals surface area contributed by atoms with Crippen LogP contribution in [-0.4, -0.2) is 35.1 Å². The van der Waals surface area contributed by atoms with Gasteiger partial charge in [0, 0.05) is 11.9 Å². The van der Waals surface area contributed by atoms with E-state index in [1.165, 1.54) is 4.90 Å². The molecule has 1 rings (SSSR count). The van der Waals surface area contributed by atoms with E-state index in [2.05, 4.69) is 5.32 Å². The first kappa shape index (κ1) is 14.5. The molecule has 0 saturated carbocycles. The molecule has 0 saturated heterocycles. The average Bonchev–Trinajstić information content (AvgIpc) is 2.77. The summed E-state index contributed by atoms with van der Waals surface area (Å²) in [5.41, 5.74) is 0. The van der Waals surface area contributed by atoms with Crippen LogP contribution in [0.25, 0.3) is 0 Å². The average molecular weight is 270 g/mol. The van der Waals surface area contributed by atoms with Crippen LogP contribution >= 0.6 is 11.3 Å². The topological polar surface area (TPSA) is 69.6 Å². The Bertz CT molecular complexity index is 403. The van der Waals surface area contributed by atoms with Crippen molar-refractivity contribution in [3.63, 3.8) is 0 Å². The van der Waals surface area contributed by atoms with Crippen LogP contribution < -0.4 is 5.32 Å². The lowest BCUT2D eigenvalue weighted by molar-refractivity contribution is -0.140. The summed E-state index contributed by atoms with van der Waals surface area (Å²) >= 11 is 1.56. The maximum atomic E-state index is 11.8. The van der Waals surface area contributed by atoms with Crippen molar-refractivity contribution >= 4 is 23.3 Å². The molecule has 0 bridgehead atoms. The van der Waals surface area contributed by atoms with E-state index in [0.29, 0.717) is 6.54 Å². The molecule has 0 spiro atoms. The molecule has 0 aromatic carbocycles. The van der Waals surface area contributed by atoms with Crippen LogP contribution in [-0.2, 0) is 11.3 Å². The highest BCUT2D eigenvalue weighted by Gasteiger charge is 2.24. The van der Waals surface area contributed by atoms with Crippen molar-refractivity contribution < 1.29 is 14.7 Å². The third kappa shape index (κ3) is 4.03. The highest BCUT2D eigenvalue weighted by atomic mass is 32.1. The molecule has 5 nitrogen and oxygen atoms in total. The number of carbonyl (C=O) groups is 2. The number of hydrogen-bond acceptors (Lipinski definition) is 3. The third-order valence-corrected chi connectivity index (χ3v) is 3.39. The Morgan fingerprint density at radius 2 is 2.17 bits per heavy atom. The lowest BCUT2D eigenvalue weighted by Crippen LogP contribution is -2.48. The first-order valence-corrected chi connectivity index (χ1v) is 6.56. The number of hydrogen-bond donors (Lipinski definition) is 2. The van der Waals surface area contributed by atoms with Crippen LogP contribution in [0.4, 0.5) is 4.79 Å². The van der Waals surface area contributed by atoms with E-state index in [1.807, 2.05) is 17.5 Å². The van der Waals surface area contributed by atoms with Crippen molar-refractivity contribution in [2.45, 2.75) is 26.4 Å². The minimum absolute atomic E-state index is 0.151. The molecule has 1 unspecified atom stereocenters. The lowest BCUT2D eigenvalue weighted by atomic mass is 10.1. The Morgan fingerprint density at radius 3 is 2.61 bits per heavy atom. The van der Waals surface area contributed by atoms with Crippen LogP contribution in [0.15, 0.2) is 17.5 Å². The molecule has 2 amide bonds. The molecule has 2 N–H and O–H groups in total. The van der Waals surface area contributed by atoms with Crippen LogP contribution in [0.3, 0.4) is 0 Å². The molecular formula is C12H18N2O3S. The minimum atomic E-state index is -1.01. The smallest absolute Gasteiger partial charge is 0.326 e. The van der Waals surface area contributed by atoms with Gasteiger partial charge in [-0.15, -0.1) is 11.3 Å². The normalized spacial score (nSPS) is 12.2. The first-order valence-electron chi connectivity index (χ1n) is 5.68. The standard InChI is InChI=1S/C12H18N2O3S/c1-8(2)10(11(15)16)13-12(17)14(3)7-9-5-4-6-18-9/h4-6,8,10H,7H2,1-3H3,(H,13,17)(H,15,16). The van der Waals surface area contributed by atoms with E-state index in [1.54, 1.807) is 32.2 Å². The summed E-state index contributed by atoms with van der Waals surface area (Å²) in [6.45, 7) is 4.00. The van der Waals surface area contributed by atoms with Crippen molar-refractivity contribution in [3.8, 4) is 0 Å². The van der Waals surface area contributed by atoms with E-state index in [-0.39, 0.29) is 11.9 Å². The summed E-state index contributed by atoms with van der Waals surface area (Å²) in [5.74, 6) is -1.16. The molecule has 100 valence electrons. The molecule has 18 heavy (non-hydrogen) atoms. The maximum Gasteiger partial charge on any atom is 0.326 e. The summed E-state index contributed by atoms with van der Waals surface area (Å²) in [5, 5.41) is 13.5. The molecule has 0 radical (unpaired) electrons. The lowest BCUT2D eigenvalue weighted by Gasteiger charge is -2.22. The fourth-order valence-corrected chi connectivity index (χ4v) is 2.22. The number of carboxylic acids is 1. The highest BCUT2D eigenvalue weighted by molar-refractivity contribution is 7.09. The number of nitrogens with one attached hydrogen (secondary N) is 1. The highest BCUT2D eigenvalue weighted by Crippen LogP contribution is 2.11. The number of aliphatic carboxylic acids is 1.